The van der Waals surface area contributed by atoms with Crippen LogP contribution in [0.4, 0.5) is 5.69 Å². The maximum Gasteiger partial charge on any atom is 0.256 e. The van der Waals surface area contributed by atoms with E-state index in [0.717, 1.165) is 0 Å². The minimum absolute atomic E-state index is 0.141. The van der Waals surface area contributed by atoms with Gasteiger partial charge in [0.05, 0.1) is 17.4 Å². The highest BCUT2D eigenvalue weighted by Crippen LogP contribution is 2.15. The van der Waals surface area contributed by atoms with E-state index in [4.69, 9.17) is 5.73 Å². The highest BCUT2D eigenvalue weighted by molar-refractivity contribution is 6.01. The number of nitrogens with one attached hydrogen (secondary N) is 1. The molecule has 6 nitrogen and oxygen atoms in total. The van der Waals surface area contributed by atoms with Crippen molar-refractivity contribution in [1.29, 1.82) is 0 Å². The molecule has 1 atom stereocenters. The minimum Gasteiger partial charge on any atom is -0.397 e. The van der Waals surface area contributed by atoms with Crippen LogP contribution >= 0.6 is 0 Å². The van der Waals surface area contributed by atoms with Crippen molar-refractivity contribution < 1.29 is 9.59 Å². The van der Waals surface area contributed by atoms with E-state index >= 15 is 0 Å². The third-order valence-corrected chi connectivity index (χ3v) is 2.84. The van der Waals surface area contributed by atoms with Gasteiger partial charge in [-0.25, -0.2) is 0 Å². The van der Waals surface area contributed by atoms with Gasteiger partial charge in [0.25, 0.3) is 5.91 Å². The van der Waals surface area contributed by atoms with Gasteiger partial charge in [0.2, 0.25) is 5.91 Å². The molecule has 1 unspecified atom stereocenters. The molecule has 3 N–H and O–H groups in total. The zero-order chi connectivity index (χ0) is 12.4. The first-order valence-corrected chi connectivity index (χ1v) is 5.39. The second kappa shape index (κ2) is 4.40. The van der Waals surface area contributed by atoms with Crippen LogP contribution in [0.3, 0.4) is 0 Å². The Morgan fingerprint density at radius 2 is 2.41 bits per heavy atom. The van der Waals surface area contributed by atoms with E-state index in [1.54, 1.807) is 13.0 Å². The van der Waals surface area contributed by atoms with E-state index in [1.165, 1.54) is 17.3 Å². The Kier molecular flexibility index (Phi) is 2.95. The van der Waals surface area contributed by atoms with E-state index < -0.39 is 6.04 Å². The molecule has 2 rings (SSSR count). The maximum absolute atomic E-state index is 12.2. The minimum atomic E-state index is -0.469. The van der Waals surface area contributed by atoms with Crippen molar-refractivity contribution in [3.63, 3.8) is 0 Å². The molecule has 2 heterocycles. The van der Waals surface area contributed by atoms with Crippen molar-refractivity contribution in [3.05, 3.63) is 24.0 Å². The van der Waals surface area contributed by atoms with E-state index in [1.807, 2.05) is 0 Å². The Labute approximate surface area is 98.8 Å². The quantitative estimate of drug-likeness (QED) is 0.693. The molecule has 0 aromatic carbocycles. The van der Waals surface area contributed by atoms with Crippen molar-refractivity contribution >= 4 is 17.5 Å². The molecule has 0 radical (unpaired) electrons. The third-order valence-electron chi connectivity index (χ3n) is 2.84. The van der Waals surface area contributed by atoms with Crippen LogP contribution < -0.4 is 11.1 Å². The molecule has 1 aliphatic rings. The summed E-state index contributed by atoms with van der Waals surface area (Å²) in [5, 5.41) is 2.71. The first-order chi connectivity index (χ1) is 8.11. The Balaban J connectivity index is 2.26. The molecule has 0 bridgehead atoms. The first-order valence-electron chi connectivity index (χ1n) is 5.39. The number of carbonyl (C=O) groups is 2. The number of hydrogen-bond acceptors (Lipinski definition) is 4. The van der Waals surface area contributed by atoms with Gasteiger partial charge in [-0.2, -0.15) is 0 Å². The maximum atomic E-state index is 12.2. The summed E-state index contributed by atoms with van der Waals surface area (Å²) in [6, 6.07) is 1.10. The number of pyridine rings is 1. The summed E-state index contributed by atoms with van der Waals surface area (Å²) in [6.07, 6.45) is 2.94. The summed E-state index contributed by atoms with van der Waals surface area (Å²) in [4.78, 5) is 29.0. The van der Waals surface area contributed by atoms with Crippen LogP contribution in [-0.2, 0) is 4.79 Å². The number of amides is 2. The Bertz CT molecular complexity index is 461. The summed E-state index contributed by atoms with van der Waals surface area (Å²) >= 11 is 0. The smallest absolute Gasteiger partial charge is 0.256 e. The molecule has 1 aliphatic heterocycles. The lowest BCUT2D eigenvalue weighted by Crippen LogP contribution is -2.55. The molecular formula is C11H14N4O2. The monoisotopic (exact) mass is 234 g/mol. The first kappa shape index (κ1) is 11.4. The molecule has 17 heavy (non-hydrogen) atoms. The lowest BCUT2D eigenvalue weighted by atomic mass is 10.1. The fourth-order valence-corrected chi connectivity index (χ4v) is 1.82. The molecule has 1 aromatic heterocycles. The highest BCUT2D eigenvalue weighted by atomic mass is 16.2. The van der Waals surface area contributed by atoms with Gasteiger partial charge in [-0.15, -0.1) is 0 Å². The van der Waals surface area contributed by atoms with Gasteiger partial charge in [-0.05, 0) is 13.0 Å². The lowest BCUT2D eigenvalue weighted by Gasteiger charge is -2.33. The van der Waals surface area contributed by atoms with E-state index in [2.05, 4.69) is 10.3 Å². The predicted molar refractivity (Wildman–Crippen MR) is 62.2 cm³/mol. The predicted octanol–water partition coefficient (Wildman–Crippen LogP) is -0.376. The summed E-state index contributed by atoms with van der Waals surface area (Å²) in [7, 11) is 0. The van der Waals surface area contributed by atoms with Crippen LogP contribution in [0.1, 0.15) is 17.3 Å². The molecule has 0 spiro atoms. The number of hydrogen-bond donors (Lipinski definition) is 2. The fraction of sp³-hybridized carbons (Fsp3) is 0.364. The van der Waals surface area contributed by atoms with Gasteiger partial charge in [-0.3, -0.25) is 14.6 Å². The zero-order valence-corrected chi connectivity index (χ0v) is 9.51. The standard InChI is InChI=1S/C11H14N4O2/c1-7-10(16)14-4-5-15(7)11(17)8-2-3-13-6-9(8)12/h2-3,6-7H,4-5,12H2,1H3,(H,14,16). The Morgan fingerprint density at radius 1 is 1.65 bits per heavy atom. The number of nitrogens with two attached hydrogens (primary N) is 1. The molecule has 6 heteroatoms. The van der Waals surface area contributed by atoms with E-state index in [0.29, 0.717) is 24.3 Å². The van der Waals surface area contributed by atoms with Crippen LogP contribution in [0.5, 0.6) is 0 Å². The topological polar surface area (TPSA) is 88.3 Å². The Hall–Kier alpha value is -2.11. The van der Waals surface area contributed by atoms with Gasteiger partial charge in [0.15, 0.2) is 0 Å². The second-order valence-corrected chi connectivity index (χ2v) is 3.93. The third kappa shape index (κ3) is 2.06. The molecule has 0 saturated carbocycles. The summed E-state index contributed by atoms with van der Waals surface area (Å²) in [5.74, 6) is -0.371. The largest absolute Gasteiger partial charge is 0.397 e. The molecular weight excluding hydrogens is 220 g/mol. The van der Waals surface area contributed by atoms with Crippen molar-refractivity contribution in [3.8, 4) is 0 Å². The van der Waals surface area contributed by atoms with Gasteiger partial charge >= 0.3 is 0 Å². The SMILES string of the molecule is CC1C(=O)NCCN1C(=O)c1ccncc1N. The second-order valence-electron chi connectivity index (χ2n) is 3.93. The van der Waals surface area contributed by atoms with Crippen molar-refractivity contribution in [2.45, 2.75) is 13.0 Å². The lowest BCUT2D eigenvalue weighted by molar-refractivity contribution is -0.127. The van der Waals surface area contributed by atoms with Crippen molar-refractivity contribution in [2.24, 2.45) is 0 Å². The highest BCUT2D eigenvalue weighted by Gasteiger charge is 2.30. The molecule has 0 aliphatic carbocycles. The van der Waals surface area contributed by atoms with Crippen LogP contribution in [0.25, 0.3) is 0 Å². The number of anilines is 1. The number of carbonyl (C=O) groups excluding carboxylic acids is 2. The van der Waals surface area contributed by atoms with Gasteiger partial charge in [0.1, 0.15) is 6.04 Å². The number of aromatic nitrogens is 1. The van der Waals surface area contributed by atoms with Crippen LogP contribution in [0.2, 0.25) is 0 Å². The molecule has 90 valence electrons. The summed E-state index contributed by atoms with van der Waals surface area (Å²) < 4.78 is 0. The number of nitrogen functional groups attached to an aromatic ring is 1. The molecule has 1 saturated heterocycles. The van der Waals surface area contributed by atoms with Gasteiger partial charge < -0.3 is 16.0 Å². The number of piperazine rings is 1. The average Bonchev–Trinajstić information content (AvgIpc) is 2.32. The van der Waals surface area contributed by atoms with Crippen LogP contribution in [0, 0.1) is 0 Å². The van der Waals surface area contributed by atoms with Gasteiger partial charge in [-0.1, -0.05) is 0 Å². The zero-order valence-electron chi connectivity index (χ0n) is 9.51. The molecule has 1 aromatic rings. The number of rotatable bonds is 1. The van der Waals surface area contributed by atoms with Gasteiger partial charge in [0, 0.05) is 19.3 Å². The van der Waals surface area contributed by atoms with Crippen molar-refractivity contribution in [2.75, 3.05) is 18.8 Å². The summed E-state index contributed by atoms with van der Waals surface area (Å²) in [6.45, 7) is 2.66. The van der Waals surface area contributed by atoms with Crippen LogP contribution in [-0.4, -0.2) is 40.8 Å². The Morgan fingerprint density at radius 3 is 3.12 bits per heavy atom. The van der Waals surface area contributed by atoms with Crippen molar-refractivity contribution in [1.82, 2.24) is 15.2 Å². The average molecular weight is 234 g/mol. The normalized spacial score (nSPS) is 19.9. The molecule has 1 fully saturated rings. The van der Waals surface area contributed by atoms with Crippen LogP contribution in [0.15, 0.2) is 18.5 Å². The molecule has 2 amide bonds. The fourth-order valence-electron chi connectivity index (χ4n) is 1.82. The van der Waals surface area contributed by atoms with E-state index in [-0.39, 0.29) is 11.8 Å². The van der Waals surface area contributed by atoms with E-state index in [9.17, 15) is 9.59 Å². The number of nitrogens with zero attached hydrogens (tertiary/aromatic N) is 2. The summed E-state index contributed by atoms with van der Waals surface area (Å²) in [5.41, 5.74) is 6.42.